The van der Waals surface area contributed by atoms with E-state index < -0.39 is 111 Å². The quantitative estimate of drug-likeness (QED) is 0.0368. The topological polar surface area (TPSA) is 397 Å². The van der Waals surface area contributed by atoms with Crippen LogP contribution in [0.4, 0.5) is 20.7 Å². The zero-order valence-corrected chi connectivity index (χ0v) is 49.2. The highest BCUT2D eigenvalue weighted by atomic mass is 35.7. The van der Waals surface area contributed by atoms with Gasteiger partial charge in [0.25, 0.3) is 11.1 Å². The minimum absolute atomic E-state index is 0.00791. The van der Waals surface area contributed by atoms with Crippen molar-refractivity contribution in [2.45, 2.75) is 164 Å². The van der Waals surface area contributed by atoms with E-state index in [4.69, 9.17) is 60.3 Å². The number of nitrogens with one attached hydrogen (secondary N) is 4. The molecular formula is C52H69ClF2N12O16P2. The lowest BCUT2D eigenvalue weighted by molar-refractivity contribution is -0.153. The molecule has 28 nitrogen and oxygen atoms in total. The first-order chi connectivity index (χ1) is 40.3. The summed E-state index contributed by atoms with van der Waals surface area (Å²) < 4.78 is 96.8. The van der Waals surface area contributed by atoms with E-state index in [0.717, 1.165) is 57.8 Å². The number of H-pyrrole nitrogens is 2. The van der Waals surface area contributed by atoms with Crippen molar-refractivity contribution in [3.8, 4) is 11.5 Å². The van der Waals surface area contributed by atoms with E-state index >= 15 is 4.39 Å². The predicted octanol–water partition coefficient (Wildman–Crippen LogP) is 5.69. The van der Waals surface area contributed by atoms with Gasteiger partial charge in [-0.1, -0.05) is 49.2 Å². The largest absolute Gasteiger partial charge is 0.461 e. The lowest BCUT2D eigenvalue weighted by Crippen LogP contribution is -2.42. The summed E-state index contributed by atoms with van der Waals surface area (Å²) in [6, 6.07) is 14.8. The van der Waals surface area contributed by atoms with Crippen LogP contribution in [0.5, 0.6) is 11.5 Å². The molecule has 2 aromatic carbocycles. The SMILES string of the molecule is C[C@@]1(O)[C@H](F)[C@@H](CO)O[C@H]1n1cnc2c(=O)[nH]c(N)nc21.C[C@H](NP(=O)(Cl)Oc1ccccc1)C(=O)OC1CCCCC1.C[C@H](NP(=O)(OC[C@H]1O[C@@H](n2cnc3c(=O)[nH]c(N)nc32)[C@](C)(O)[C@@H]1F)Oc1ccccc1)C(=O)OC1CCCCC1. The van der Waals surface area contributed by atoms with Gasteiger partial charge in [-0.2, -0.15) is 15.1 Å². The molecule has 2 saturated carbocycles. The number of carbonyl (C=O) groups is 2. The lowest BCUT2D eigenvalue weighted by atomic mass is 9.98. The third kappa shape index (κ3) is 15.8. The molecule has 0 radical (unpaired) electrons. The van der Waals surface area contributed by atoms with E-state index in [2.05, 4.69) is 40.1 Å². The monoisotopic (exact) mass is 1250 g/mol. The molecule has 11 N–H and O–H groups in total. The second kappa shape index (κ2) is 27.5. The van der Waals surface area contributed by atoms with Crippen LogP contribution >= 0.6 is 25.9 Å². The number of anilines is 2. The minimum atomic E-state index is -4.33. The number of nitrogens with two attached hydrogens (primary N) is 2. The molecule has 12 atom stereocenters. The molecule has 2 unspecified atom stereocenters. The fraction of sp³-hybridized carbons (Fsp3) is 0.538. The Morgan fingerprint density at radius 2 is 1.13 bits per heavy atom. The van der Waals surface area contributed by atoms with Crippen molar-refractivity contribution in [1.29, 1.82) is 0 Å². The van der Waals surface area contributed by atoms with Gasteiger partial charge in [0.05, 0.1) is 25.9 Å². The normalized spacial score (nSPS) is 26.6. The van der Waals surface area contributed by atoms with Gasteiger partial charge in [-0.05, 0) is 103 Å². The average Bonchev–Trinajstić information content (AvgIpc) is 4.37. The van der Waals surface area contributed by atoms with Gasteiger partial charge in [0.2, 0.25) is 11.9 Å². The van der Waals surface area contributed by atoms with Crippen molar-refractivity contribution in [1.82, 2.24) is 49.2 Å². The third-order valence-corrected chi connectivity index (χ3v) is 17.7. The number of nitrogens with zero attached hydrogens (tertiary/aromatic N) is 6. The number of esters is 2. The number of fused-ring (bicyclic) bond motifs is 2. The lowest BCUT2D eigenvalue weighted by Gasteiger charge is -2.27. The van der Waals surface area contributed by atoms with Crippen LogP contribution in [0.3, 0.4) is 0 Å². The number of carbonyl (C=O) groups excluding carboxylic acids is 2. The summed E-state index contributed by atoms with van der Waals surface area (Å²) >= 11 is 5.87. The smallest absolute Gasteiger partial charge is 0.459 e. The average molecular weight is 1250 g/mol. The van der Waals surface area contributed by atoms with Crippen LogP contribution in [0.25, 0.3) is 22.3 Å². The van der Waals surface area contributed by atoms with Gasteiger partial charge in [-0.3, -0.25) is 42.8 Å². The molecule has 0 bridgehead atoms. The number of aliphatic hydroxyl groups is 3. The first-order valence-corrected chi connectivity index (χ1v) is 31.5. The van der Waals surface area contributed by atoms with Gasteiger partial charge in [-0.15, -0.1) is 0 Å². The standard InChI is InChI=1S/C26H34FN6O8P.C15H21ClNO4P.C11H14FN5O4/c1-15(23(35)39-16-9-5-3-6-10-16)32-42(37,41-17-11-7-4-8-12-17)38-13-18-20(27)26(2,36)24(40-18)33-14-29-19-21(33)30-25(28)31-22(19)34;1-12(15(18)20-13-8-4-2-5-9-13)17-22(16,19)21-14-10-6-3-7-11-14;1-11(20)6(12)4(2-18)21-9(11)17-3-14-5-7(17)15-10(13)16-8(5)19/h4,7-8,11-12,14-16,18,20,24,36H,3,5-6,9-10,13H2,1-2H3,(H,32,37)(H3,28,30,31,34);3,6-7,10-13H,2,4-5,8-9H2,1H3,(H,17,19);3-4,6,9,18,20H,2H2,1H3,(H3,13,15,16,19)/t15-,18+,20+,24+,26+,42?;12-,22?;4-,6-,9-,11-/m001/s1. The van der Waals surface area contributed by atoms with Crippen molar-refractivity contribution in [3.05, 3.63) is 94.0 Å². The second-order valence-corrected chi connectivity index (χ2v) is 25.6. The van der Waals surface area contributed by atoms with E-state index in [0.29, 0.717) is 5.75 Å². The zero-order chi connectivity index (χ0) is 61.4. The number of hydrogen-bond acceptors (Lipinski definition) is 22. The summed E-state index contributed by atoms with van der Waals surface area (Å²) in [5.41, 5.74) is 5.84. The van der Waals surface area contributed by atoms with Crippen LogP contribution in [0.1, 0.15) is 104 Å². The van der Waals surface area contributed by atoms with Gasteiger partial charge in [0, 0.05) is 11.2 Å². The molecule has 0 spiro atoms. The Morgan fingerprint density at radius 1 is 0.718 bits per heavy atom. The number of halogens is 3. The Balaban J connectivity index is 0.000000183. The zero-order valence-electron chi connectivity index (χ0n) is 46.7. The summed E-state index contributed by atoms with van der Waals surface area (Å²) in [5.74, 6) is -0.869. The number of aromatic amines is 2. The van der Waals surface area contributed by atoms with E-state index in [9.17, 15) is 42.9 Å². The minimum Gasteiger partial charge on any atom is -0.461 e. The fourth-order valence-electron chi connectivity index (χ4n) is 9.95. The molecule has 33 heteroatoms. The maximum absolute atomic E-state index is 15.6. The summed E-state index contributed by atoms with van der Waals surface area (Å²) in [4.78, 5) is 69.1. The number of benzene rings is 2. The Bertz CT molecular complexity index is 3460. The molecule has 2 aliphatic heterocycles. The van der Waals surface area contributed by atoms with Crippen LogP contribution in [0, 0.1) is 0 Å². The van der Waals surface area contributed by atoms with E-state index in [1.807, 2.05) is 6.07 Å². The molecule has 4 aromatic heterocycles. The summed E-state index contributed by atoms with van der Waals surface area (Å²) in [6.07, 6.45) is 2.69. The van der Waals surface area contributed by atoms with E-state index in [1.165, 1.54) is 61.1 Å². The van der Waals surface area contributed by atoms with E-state index in [1.54, 1.807) is 49.4 Å². The molecule has 2 aliphatic carbocycles. The molecule has 10 rings (SSSR count). The number of rotatable bonds is 18. The van der Waals surface area contributed by atoms with Crippen LogP contribution in [0.15, 0.2) is 82.9 Å². The molecule has 6 aromatic rings. The number of hydrogen-bond donors (Lipinski definition) is 9. The van der Waals surface area contributed by atoms with Crippen LogP contribution in [-0.2, 0) is 42.2 Å². The van der Waals surface area contributed by atoms with Crippen molar-refractivity contribution >= 4 is 72.0 Å². The van der Waals surface area contributed by atoms with E-state index in [-0.39, 0.29) is 52.2 Å². The fourth-order valence-corrected chi connectivity index (χ4v) is 13.1. The highest BCUT2D eigenvalue weighted by molar-refractivity contribution is 7.84. The number of ether oxygens (including phenoxy) is 4. The molecule has 464 valence electrons. The second-order valence-electron chi connectivity index (χ2n) is 21.2. The molecule has 6 heterocycles. The Labute approximate surface area is 489 Å². The van der Waals surface area contributed by atoms with Crippen LogP contribution < -0.4 is 41.8 Å². The van der Waals surface area contributed by atoms with Gasteiger partial charge in [0.1, 0.15) is 59.2 Å². The summed E-state index contributed by atoms with van der Waals surface area (Å²) in [7, 11) is -4.33. The highest BCUT2D eigenvalue weighted by Crippen LogP contribution is 2.50. The van der Waals surface area contributed by atoms with Gasteiger partial charge in [0.15, 0.2) is 47.1 Å². The number of nitrogen functional groups attached to an aromatic ring is 2. The number of imidazole rings is 2. The molecule has 2 saturated heterocycles. The summed E-state index contributed by atoms with van der Waals surface area (Å²) in [6.45, 7) is 0.581. The number of aromatic nitrogens is 8. The Hall–Kier alpha value is -6.43. The third-order valence-electron chi connectivity index (χ3n) is 14.4. The number of alkyl halides is 2. The maximum Gasteiger partial charge on any atom is 0.459 e. The first kappa shape index (κ1) is 64.6. The molecule has 0 amide bonds. The molecule has 85 heavy (non-hydrogen) atoms. The van der Waals surface area contributed by atoms with Crippen molar-refractivity contribution in [2.75, 3.05) is 24.7 Å². The Kier molecular flexibility index (Phi) is 20.9. The molecule has 4 fully saturated rings. The van der Waals surface area contributed by atoms with Crippen molar-refractivity contribution < 1.29 is 75.3 Å². The van der Waals surface area contributed by atoms with Gasteiger partial charge < -0.3 is 54.8 Å². The van der Waals surface area contributed by atoms with Crippen molar-refractivity contribution in [3.63, 3.8) is 0 Å². The first-order valence-electron chi connectivity index (χ1n) is 27.4. The maximum atomic E-state index is 15.6. The highest BCUT2D eigenvalue weighted by Gasteiger charge is 2.56. The Morgan fingerprint density at radius 3 is 1.56 bits per heavy atom. The van der Waals surface area contributed by atoms with Crippen LogP contribution in [-0.4, -0.2) is 140 Å². The molecular weight excluding hydrogens is 1180 g/mol. The predicted molar refractivity (Wildman–Crippen MR) is 303 cm³/mol. The van der Waals surface area contributed by atoms with Gasteiger partial charge in [-0.25, -0.2) is 33.0 Å². The number of para-hydroxylation sites is 2. The number of aliphatic hydroxyl groups excluding tert-OH is 1. The van der Waals surface area contributed by atoms with Crippen molar-refractivity contribution in [2.24, 2.45) is 0 Å². The van der Waals surface area contributed by atoms with Gasteiger partial charge >= 0.3 is 26.6 Å². The van der Waals surface area contributed by atoms with Crippen LogP contribution in [0.2, 0.25) is 0 Å². The molecule has 4 aliphatic rings. The summed E-state index contributed by atoms with van der Waals surface area (Å²) in [5, 5.41) is 35.6.